The minimum Gasteiger partial charge on any atom is -0.493 e. The highest BCUT2D eigenvalue weighted by Crippen LogP contribution is 2.58. The first kappa shape index (κ1) is 17.8. The zero-order valence-corrected chi connectivity index (χ0v) is 16.9. The van der Waals surface area contributed by atoms with Gasteiger partial charge in [-0.25, -0.2) is 0 Å². The number of likely N-dealkylation sites (tertiary alicyclic amines) is 1. The van der Waals surface area contributed by atoms with Crippen molar-refractivity contribution in [2.75, 3.05) is 26.5 Å². The molecule has 0 spiro atoms. The Bertz CT molecular complexity index is 1070. The zero-order chi connectivity index (χ0) is 20.0. The van der Waals surface area contributed by atoms with Crippen molar-refractivity contribution in [1.82, 2.24) is 4.90 Å². The molecule has 3 aromatic carbocycles. The highest BCUT2D eigenvalue weighted by atomic mass is 16.7. The van der Waals surface area contributed by atoms with E-state index in [0.717, 1.165) is 43.3 Å². The van der Waals surface area contributed by atoms with Crippen molar-refractivity contribution < 1.29 is 14.2 Å². The van der Waals surface area contributed by atoms with Crippen molar-refractivity contribution in [2.45, 2.75) is 24.3 Å². The number of hydrogen-bond donors (Lipinski definition) is 0. The Morgan fingerprint density at radius 3 is 2.70 bits per heavy atom. The third-order valence-electron chi connectivity index (χ3n) is 6.90. The third-order valence-corrected chi connectivity index (χ3v) is 6.90. The molecule has 2 atom stereocenters. The molecular formula is C26H25NO3. The number of nitrogens with zero attached hydrogens (tertiary/aromatic N) is 1. The summed E-state index contributed by atoms with van der Waals surface area (Å²) >= 11 is 0. The van der Waals surface area contributed by atoms with Crippen LogP contribution in [0.3, 0.4) is 0 Å². The van der Waals surface area contributed by atoms with Gasteiger partial charge in [-0.05, 0) is 35.2 Å². The van der Waals surface area contributed by atoms with E-state index in [1.165, 1.54) is 16.7 Å². The SMILES string of the molecule is c1ccc(CN2C[C@@H]3c4ccccc4[C@]3(CCOc3ccc4c(c3)OCO4)C2)cc1. The number of ether oxygens (including phenoxy) is 3. The van der Waals surface area contributed by atoms with Gasteiger partial charge in [0.05, 0.1) is 6.61 Å². The van der Waals surface area contributed by atoms with Crippen LogP contribution in [0.2, 0.25) is 0 Å². The quantitative estimate of drug-likeness (QED) is 0.599. The number of fused-ring (bicyclic) bond motifs is 5. The normalized spacial score (nSPS) is 23.5. The number of rotatable bonds is 6. The predicted octanol–water partition coefficient (Wildman–Crippen LogP) is 4.74. The number of benzene rings is 3. The summed E-state index contributed by atoms with van der Waals surface area (Å²) in [4.78, 5) is 2.61. The first-order chi connectivity index (χ1) is 14.8. The van der Waals surface area contributed by atoms with E-state index < -0.39 is 0 Å². The number of hydrogen-bond acceptors (Lipinski definition) is 4. The molecule has 3 aromatic rings. The average molecular weight is 399 g/mol. The van der Waals surface area contributed by atoms with Gasteiger partial charge in [-0.15, -0.1) is 0 Å². The van der Waals surface area contributed by atoms with Crippen molar-refractivity contribution in [3.05, 3.63) is 89.5 Å². The second-order valence-corrected chi connectivity index (χ2v) is 8.56. The molecule has 1 fully saturated rings. The van der Waals surface area contributed by atoms with E-state index in [-0.39, 0.29) is 12.2 Å². The van der Waals surface area contributed by atoms with Gasteiger partial charge in [-0.3, -0.25) is 4.90 Å². The fraction of sp³-hybridized carbons (Fsp3) is 0.308. The lowest BCUT2D eigenvalue weighted by atomic mass is 9.56. The average Bonchev–Trinajstić information content (AvgIpc) is 3.36. The maximum Gasteiger partial charge on any atom is 0.231 e. The summed E-state index contributed by atoms with van der Waals surface area (Å²) < 4.78 is 17.0. The summed E-state index contributed by atoms with van der Waals surface area (Å²) in [5, 5.41) is 0. The molecule has 0 aromatic heterocycles. The Kier molecular flexibility index (Phi) is 4.20. The minimum absolute atomic E-state index is 0.196. The van der Waals surface area contributed by atoms with Crippen LogP contribution in [0, 0.1) is 0 Å². The van der Waals surface area contributed by atoms with Crippen LogP contribution in [-0.4, -0.2) is 31.4 Å². The monoisotopic (exact) mass is 399 g/mol. The summed E-state index contributed by atoms with van der Waals surface area (Å²) in [5.41, 5.74) is 4.62. The topological polar surface area (TPSA) is 30.9 Å². The van der Waals surface area contributed by atoms with Gasteiger partial charge in [0.15, 0.2) is 11.5 Å². The largest absolute Gasteiger partial charge is 0.493 e. The first-order valence-corrected chi connectivity index (χ1v) is 10.7. The highest BCUT2D eigenvalue weighted by Gasteiger charge is 2.56. The molecule has 4 nitrogen and oxygen atoms in total. The standard InChI is InChI=1S/C26H25NO3/c1-2-6-19(7-3-1)15-27-16-23-21-8-4-5-9-22(21)26(23,17-27)12-13-28-20-10-11-24-25(14-20)30-18-29-24/h1-11,14,23H,12-13,15-18H2/t23-,26+/m1/s1. The lowest BCUT2D eigenvalue weighted by Gasteiger charge is -2.46. The van der Waals surface area contributed by atoms with E-state index in [4.69, 9.17) is 14.2 Å². The Morgan fingerprint density at radius 2 is 1.77 bits per heavy atom. The molecule has 6 rings (SSSR count). The van der Waals surface area contributed by atoms with Crippen molar-refractivity contribution in [1.29, 1.82) is 0 Å². The molecule has 3 aliphatic rings. The van der Waals surface area contributed by atoms with Crippen LogP contribution in [0.4, 0.5) is 0 Å². The maximum absolute atomic E-state index is 6.16. The van der Waals surface area contributed by atoms with Gasteiger partial charge >= 0.3 is 0 Å². The molecule has 1 aliphatic carbocycles. The fourth-order valence-corrected chi connectivity index (χ4v) is 5.52. The molecule has 0 bridgehead atoms. The zero-order valence-electron chi connectivity index (χ0n) is 16.9. The molecule has 30 heavy (non-hydrogen) atoms. The Morgan fingerprint density at radius 1 is 0.933 bits per heavy atom. The van der Waals surface area contributed by atoms with Crippen LogP contribution in [0.1, 0.15) is 29.0 Å². The van der Waals surface area contributed by atoms with E-state index in [0.29, 0.717) is 12.5 Å². The smallest absolute Gasteiger partial charge is 0.231 e. The lowest BCUT2D eigenvalue weighted by Crippen LogP contribution is -2.44. The summed E-state index contributed by atoms with van der Waals surface area (Å²) in [7, 11) is 0. The van der Waals surface area contributed by atoms with Crippen molar-refractivity contribution in [3.63, 3.8) is 0 Å². The van der Waals surface area contributed by atoms with Crippen molar-refractivity contribution >= 4 is 0 Å². The highest BCUT2D eigenvalue weighted by molar-refractivity contribution is 5.53. The van der Waals surface area contributed by atoms with E-state index in [2.05, 4.69) is 59.5 Å². The third kappa shape index (κ3) is 2.86. The maximum atomic E-state index is 6.16. The van der Waals surface area contributed by atoms with Crippen LogP contribution in [-0.2, 0) is 12.0 Å². The van der Waals surface area contributed by atoms with E-state index in [1.54, 1.807) is 0 Å². The first-order valence-electron chi connectivity index (χ1n) is 10.7. The van der Waals surface area contributed by atoms with Gasteiger partial charge in [0.1, 0.15) is 5.75 Å². The molecule has 2 heterocycles. The molecule has 0 amide bonds. The van der Waals surface area contributed by atoms with Gasteiger partial charge in [-0.2, -0.15) is 0 Å². The summed E-state index contributed by atoms with van der Waals surface area (Å²) in [6.07, 6.45) is 1.02. The molecule has 0 unspecified atom stereocenters. The molecule has 0 radical (unpaired) electrons. The minimum atomic E-state index is 0.196. The molecule has 1 saturated heterocycles. The second kappa shape index (κ2) is 7.06. The van der Waals surface area contributed by atoms with Crippen molar-refractivity contribution in [3.8, 4) is 17.2 Å². The van der Waals surface area contributed by atoms with Gasteiger partial charge in [0.2, 0.25) is 6.79 Å². The van der Waals surface area contributed by atoms with Crippen LogP contribution in [0.5, 0.6) is 17.2 Å². The molecule has 2 aliphatic heterocycles. The van der Waals surface area contributed by atoms with Gasteiger partial charge < -0.3 is 14.2 Å². The second-order valence-electron chi connectivity index (χ2n) is 8.56. The lowest BCUT2D eigenvalue weighted by molar-refractivity contribution is 0.173. The molecule has 4 heteroatoms. The fourth-order valence-electron chi connectivity index (χ4n) is 5.52. The molecular weight excluding hydrogens is 374 g/mol. The molecule has 152 valence electrons. The van der Waals surface area contributed by atoms with Crippen LogP contribution < -0.4 is 14.2 Å². The Labute approximate surface area is 177 Å². The van der Waals surface area contributed by atoms with E-state index >= 15 is 0 Å². The predicted molar refractivity (Wildman–Crippen MR) is 115 cm³/mol. The van der Waals surface area contributed by atoms with Gasteiger partial charge in [0.25, 0.3) is 0 Å². The summed E-state index contributed by atoms with van der Waals surface area (Å²) in [5.74, 6) is 3.01. The molecule has 0 saturated carbocycles. The van der Waals surface area contributed by atoms with E-state index in [1.807, 2.05) is 18.2 Å². The van der Waals surface area contributed by atoms with Crippen LogP contribution in [0.25, 0.3) is 0 Å². The van der Waals surface area contributed by atoms with Crippen LogP contribution in [0.15, 0.2) is 72.8 Å². The summed E-state index contributed by atoms with van der Waals surface area (Å²) in [6, 6.07) is 25.6. The Balaban J connectivity index is 1.18. The van der Waals surface area contributed by atoms with Gasteiger partial charge in [-0.1, -0.05) is 54.6 Å². The Hall–Kier alpha value is -2.98. The van der Waals surface area contributed by atoms with Crippen LogP contribution >= 0.6 is 0 Å². The van der Waals surface area contributed by atoms with Crippen molar-refractivity contribution in [2.24, 2.45) is 0 Å². The van der Waals surface area contributed by atoms with E-state index in [9.17, 15) is 0 Å². The van der Waals surface area contributed by atoms with Gasteiger partial charge in [0, 0.05) is 37.0 Å². The summed E-state index contributed by atoms with van der Waals surface area (Å²) in [6.45, 7) is 4.21. The molecule has 0 N–H and O–H groups in total.